The molecule has 1 N–H and O–H groups in total. The van der Waals surface area contributed by atoms with Crippen molar-refractivity contribution in [2.75, 3.05) is 17.8 Å². The molecule has 0 saturated carbocycles. The molecule has 2 rings (SSSR count). The van der Waals surface area contributed by atoms with Crippen LogP contribution in [0.1, 0.15) is 5.56 Å². The summed E-state index contributed by atoms with van der Waals surface area (Å²) in [6, 6.07) is 8.32. The van der Waals surface area contributed by atoms with Crippen LogP contribution in [0, 0.1) is 0 Å². The second-order valence-corrected chi connectivity index (χ2v) is 10.2. The van der Waals surface area contributed by atoms with Gasteiger partial charge in [-0.15, -0.1) is 13.2 Å². The minimum absolute atomic E-state index is 0.0406. The topological polar surface area (TPSA) is 96.4 Å². The molecule has 0 amide bonds. The van der Waals surface area contributed by atoms with Gasteiger partial charge in [-0.1, -0.05) is 40.2 Å². The molecule has 29 heavy (non-hydrogen) atoms. The van der Waals surface area contributed by atoms with Crippen molar-refractivity contribution in [3.63, 3.8) is 0 Å². The Hall–Kier alpha value is -2.27. The van der Waals surface area contributed by atoms with Gasteiger partial charge in [-0.3, -0.25) is 9.71 Å². The predicted molar refractivity (Wildman–Crippen MR) is 119 cm³/mol. The molecule has 1 aromatic carbocycles. The molecule has 1 heterocycles. The molecule has 0 aliphatic heterocycles. The monoisotopic (exact) mass is 497 g/mol. The third-order valence-corrected chi connectivity index (χ3v) is 7.02. The summed E-state index contributed by atoms with van der Waals surface area (Å²) in [5, 5.41) is 0.971. The Morgan fingerprint density at radius 3 is 2.24 bits per heavy atom. The van der Waals surface area contributed by atoms with E-state index in [0.29, 0.717) is 5.56 Å². The SMILES string of the molecule is C=CCN(CC=C)S(=O)(=O)c1cnccc1NS(=O)(=O)C=Cc1ccc(Br)cc1. The van der Waals surface area contributed by atoms with Gasteiger partial charge in [0.25, 0.3) is 10.0 Å². The predicted octanol–water partition coefficient (Wildman–Crippen LogP) is 3.62. The summed E-state index contributed by atoms with van der Waals surface area (Å²) >= 11 is 3.31. The third kappa shape index (κ3) is 6.36. The second kappa shape index (κ2) is 9.97. The average Bonchev–Trinajstić information content (AvgIpc) is 2.67. The molecule has 0 fully saturated rings. The fraction of sp³-hybridized carbons (Fsp3) is 0.105. The largest absolute Gasteiger partial charge is 0.279 e. The number of sulfonamides is 2. The number of pyridine rings is 1. The first-order valence-corrected chi connectivity index (χ1v) is 12.1. The quantitative estimate of drug-likeness (QED) is 0.505. The maximum absolute atomic E-state index is 13.0. The maximum Gasteiger partial charge on any atom is 0.255 e. The van der Waals surface area contributed by atoms with E-state index in [4.69, 9.17) is 0 Å². The maximum atomic E-state index is 13.0. The number of nitrogens with zero attached hydrogens (tertiary/aromatic N) is 2. The van der Waals surface area contributed by atoms with E-state index >= 15 is 0 Å². The molecule has 0 aliphatic rings. The highest BCUT2D eigenvalue weighted by Gasteiger charge is 2.27. The van der Waals surface area contributed by atoms with Crippen LogP contribution < -0.4 is 4.72 Å². The van der Waals surface area contributed by atoms with Gasteiger partial charge < -0.3 is 0 Å². The lowest BCUT2D eigenvalue weighted by Crippen LogP contribution is -2.32. The van der Waals surface area contributed by atoms with E-state index in [2.05, 4.69) is 38.8 Å². The number of rotatable bonds is 10. The lowest BCUT2D eigenvalue weighted by molar-refractivity contribution is 0.474. The van der Waals surface area contributed by atoms with Gasteiger partial charge in [-0.05, 0) is 29.8 Å². The van der Waals surface area contributed by atoms with Crippen LogP contribution in [-0.2, 0) is 20.0 Å². The zero-order chi connectivity index (χ0) is 21.5. The lowest BCUT2D eigenvalue weighted by Gasteiger charge is -2.20. The summed E-state index contributed by atoms with van der Waals surface area (Å²) in [6.07, 6.45) is 6.68. The highest BCUT2D eigenvalue weighted by atomic mass is 79.9. The van der Waals surface area contributed by atoms with E-state index in [1.807, 2.05) is 0 Å². The Morgan fingerprint density at radius 2 is 1.66 bits per heavy atom. The number of hydrogen-bond acceptors (Lipinski definition) is 5. The standard InChI is InChI=1S/C19H20BrN3O4S2/c1-3-12-23(13-4-2)29(26,27)19-15-21-11-9-18(19)22-28(24,25)14-10-16-5-7-17(20)8-6-16/h3-11,14-15H,1-2,12-13H2,(H,21,22). The molecule has 7 nitrogen and oxygen atoms in total. The van der Waals surface area contributed by atoms with E-state index in [1.165, 1.54) is 30.5 Å². The molecule has 10 heteroatoms. The zero-order valence-electron chi connectivity index (χ0n) is 15.4. The Balaban J connectivity index is 2.35. The van der Waals surface area contributed by atoms with Crippen molar-refractivity contribution in [1.82, 2.24) is 9.29 Å². The smallest absolute Gasteiger partial charge is 0.255 e. The van der Waals surface area contributed by atoms with Gasteiger partial charge in [0, 0.05) is 30.0 Å². The number of aromatic nitrogens is 1. The van der Waals surface area contributed by atoms with Gasteiger partial charge >= 0.3 is 0 Å². The molecule has 1 aromatic heterocycles. The summed E-state index contributed by atoms with van der Waals surface area (Å²) in [5.41, 5.74) is 0.572. The fourth-order valence-electron chi connectivity index (χ4n) is 2.30. The highest BCUT2D eigenvalue weighted by molar-refractivity contribution is 9.10. The van der Waals surface area contributed by atoms with Crippen LogP contribution in [0.15, 0.2) is 82.8 Å². The van der Waals surface area contributed by atoms with Crippen molar-refractivity contribution in [3.8, 4) is 0 Å². The van der Waals surface area contributed by atoms with Crippen molar-refractivity contribution in [2.24, 2.45) is 0 Å². The summed E-state index contributed by atoms with van der Waals surface area (Å²) in [6.45, 7) is 7.18. The summed E-state index contributed by atoms with van der Waals surface area (Å²) < 4.78 is 55.1. The van der Waals surface area contributed by atoms with E-state index in [9.17, 15) is 16.8 Å². The minimum Gasteiger partial charge on any atom is -0.279 e. The first-order valence-electron chi connectivity index (χ1n) is 8.32. The van der Waals surface area contributed by atoms with Gasteiger partial charge in [0.05, 0.1) is 11.1 Å². The fourth-order valence-corrected chi connectivity index (χ4v) is 4.99. The van der Waals surface area contributed by atoms with Gasteiger partial charge in [-0.25, -0.2) is 16.8 Å². The molecule has 0 saturated heterocycles. The normalized spacial score (nSPS) is 12.2. The lowest BCUT2D eigenvalue weighted by atomic mass is 10.2. The molecule has 2 aromatic rings. The van der Waals surface area contributed by atoms with Crippen LogP contribution in [0.2, 0.25) is 0 Å². The molecule has 0 spiro atoms. The Bertz CT molecular complexity index is 1100. The first kappa shape index (κ1) is 23.0. The molecular formula is C19H20BrN3O4S2. The summed E-state index contributed by atoms with van der Waals surface area (Å²) in [5.74, 6) is 0. The van der Waals surface area contributed by atoms with E-state index in [-0.39, 0.29) is 23.7 Å². The first-order chi connectivity index (χ1) is 13.7. The van der Waals surface area contributed by atoms with Gasteiger partial charge in [0.1, 0.15) is 4.90 Å². The van der Waals surface area contributed by atoms with E-state index in [1.54, 1.807) is 24.3 Å². The van der Waals surface area contributed by atoms with Gasteiger partial charge in [-0.2, -0.15) is 4.31 Å². The summed E-state index contributed by atoms with van der Waals surface area (Å²) in [7, 11) is -8.00. The van der Waals surface area contributed by atoms with Gasteiger partial charge in [0.15, 0.2) is 0 Å². The van der Waals surface area contributed by atoms with Crippen molar-refractivity contribution >= 4 is 47.7 Å². The number of hydrogen-bond donors (Lipinski definition) is 1. The molecule has 0 unspecified atom stereocenters. The number of anilines is 1. The molecular weight excluding hydrogens is 478 g/mol. The molecule has 154 valence electrons. The van der Waals surface area contributed by atoms with Crippen LogP contribution in [0.3, 0.4) is 0 Å². The van der Waals surface area contributed by atoms with Crippen LogP contribution in [0.4, 0.5) is 5.69 Å². The van der Waals surface area contributed by atoms with Crippen LogP contribution in [0.5, 0.6) is 0 Å². The second-order valence-electron chi connectivity index (χ2n) is 5.77. The molecule has 0 atom stereocenters. The van der Waals surface area contributed by atoms with Crippen molar-refractivity contribution < 1.29 is 16.8 Å². The molecule has 0 radical (unpaired) electrons. The number of nitrogens with one attached hydrogen (secondary N) is 1. The summed E-state index contributed by atoms with van der Waals surface area (Å²) in [4.78, 5) is 3.57. The van der Waals surface area contributed by atoms with E-state index < -0.39 is 20.0 Å². The van der Waals surface area contributed by atoms with E-state index in [0.717, 1.165) is 20.4 Å². The zero-order valence-corrected chi connectivity index (χ0v) is 18.6. The number of halogens is 1. The van der Waals surface area contributed by atoms with Crippen LogP contribution >= 0.6 is 15.9 Å². The average molecular weight is 498 g/mol. The van der Waals surface area contributed by atoms with Crippen molar-refractivity contribution in [2.45, 2.75) is 4.90 Å². The number of benzene rings is 1. The molecule has 0 aliphatic carbocycles. The third-order valence-electron chi connectivity index (χ3n) is 3.63. The minimum atomic E-state index is -4.03. The van der Waals surface area contributed by atoms with Crippen LogP contribution in [0.25, 0.3) is 6.08 Å². The highest BCUT2D eigenvalue weighted by Crippen LogP contribution is 2.25. The van der Waals surface area contributed by atoms with Gasteiger partial charge in [0.2, 0.25) is 10.0 Å². The van der Waals surface area contributed by atoms with Crippen molar-refractivity contribution in [3.05, 3.63) is 83.5 Å². The Labute approximate surface area is 179 Å². The molecule has 0 bridgehead atoms. The Morgan fingerprint density at radius 1 is 1.03 bits per heavy atom. The van der Waals surface area contributed by atoms with Crippen LogP contribution in [-0.4, -0.2) is 39.2 Å². The van der Waals surface area contributed by atoms with Crippen molar-refractivity contribution in [1.29, 1.82) is 0 Å². The Kier molecular flexibility index (Phi) is 7.91.